The molecule has 0 radical (unpaired) electrons. The monoisotopic (exact) mass is 235 g/mol. The van der Waals surface area contributed by atoms with Gasteiger partial charge in [-0.15, -0.1) is 0 Å². The van der Waals surface area contributed by atoms with Gasteiger partial charge in [0.05, 0.1) is 0 Å². The first kappa shape index (κ1) is 12.5. The van der Waals surface area contributed by atoms with Crippen LogP contribution in [0.15, 0.2) is 12.4 Å². The van der Waals surface area contributed by atoms with Crippen LogP contribution in [0, 0.1) is 10.8 Å². The van der Waals surface area contributed by atoms with Gasteiger partial charge in [-0.1, -0.05) is 41.0 Å². The van der Waals surface area contributed by atoms with Gasteiger partial charge >= 0.3 is 0 Å². The zero-order valence-electron chi connectivity index (χ0n) is 11.7. The first-order chi connectivity index (χ1) is 7.91. The topological polar surface area (TPSA) is 29.9 Å². The number of aromatic nitrogens is 2. The molecule has 0 bridgehead atoms. The second kappa shape index (κ2) is 4.04. The highest BCUT2D eigenvalue weighted by Gasteiger charge is 2.65. The summed E-state index contributed by atoms with van der Waals surface area (Å²) in [5.74, 6) is 1.03. The number of anilines is 1. The molecule has 3 heteroatoms. The fourth-order valence-corrected chi connectivity index (χ4v) is 2.64. The minimum atomic E-state index is 0.356. The zero-order chi connectivity index (χ0) is 12.7. The van der Waals surface area contributed by atoms with Crippen LogP contribution in [0.2, 0.25) is 0 Å². The van der Waals surface area contributed by atoms with Crippen LogP contribution in [0.4, 0.5) is 5.95 Å². The Bertz CT molecular complexity index is 376. The molecule has 1 heterocycles. The fourth-order valence-electron chi connectivity index (χ4n) is 2.64. The fraction of sp³-hybridized carbons (Fsp3) is 0.786. The van der Waals surface area contributed by atoms with E-state index in [-0.39, 0.29) is 0 Å². The van der Waals surface area contributed by atoms with Crippen LogP contribution in [-0.2, 0) is 6.54 Å². The van der Waals surface area contributed by atoms with Crippen molar-refractivity contribution in [3.05, 3.63) is 12.4 Å². The smallest absolute Gasteiger partial charge is 0.203 e. The van der Waals surface area contributed by atoms with E-state index in [1.54, 1.807) is 0 Å². The Kier molecular flexibility index (Phi) is 2.96. The Morgan fingerprint density at radius 1 is 1.29 bits per heavy atom. The van der Waals surface area contributed by atoms with E-state index in [9.17, 15) is 0 Å². The second-order valence-electron chi connectivity index (χ2n) is 6.32. The molecule has 0 saturated heterocycles. The van der Waals surface area contributed by atoms with Gasteiger partial charge in [0.15, 0.2) is 0 Å². The molecule has 1 aromatic rings. The van der Waals surface area contributed by atoms with E-state index in [1.807, 2.05) is 6.20 Å². The van der Waals surface area contributed by atoms with Crippen molar-refractivity contribution >= 4 is 5.95 Å². The molecule has 1 aliphatic carbocycles. The summed E-state index contributed by atoms with van der Waals surface area (Å²) >= 11 is 0. The summed E-state index contributed by atoms with van der Waals surface area (Å²) in [6, 6.07) is 0.526. The Labute approximate surface area is 105 Å². The first-order valence-corrected chi connectivity index (χ1v) is 6.69. The van der Waals surface area contributed by atoms with Crippen molar-refractivity contribution in [3.8, 4) is 0 Å². The number of imidazole rings is 1. The van der Waals surface area contributed by atoms with Crippen LogP contribution in [0.3, 0.4) is 0 Å². The summed E-state index contributed by atoms with van der Waals surface area (Å²) in [6.45, 7) is 12.6. The van der Waals surface area contributed by atoms with Gasteiger partial charge < -0.3 is 9.88 Å². The highest BCUT2D eigenvalue weighted by atomic mass is 15.2. The van der Waals surface area contributed by atoms with E-state index in [1.165, 1.54) is 12.8 Å². The van der Waals surface area contributed by atoms with Crippen molar-refractivity contribution in [1.29, 1.82) is 0 Å². The zero-order valence-corrected chi connectivity index (χ0v) is 11.7. The lowest BCUT2D eigenvalue weighted by Gasteiger charge is -2.10. The van der Waals surface area contributed by atoms with Crippen LogP contribution in [-0.4, -0.2) is 15.6 Å². The first-order valence-electron chi connectivity index (χ1n) is 6.69. The highest BCUT2D eigenvalue weighted by Crippen LogP contribution is 2.63. The maximum absolute atomic E-state index is 4.43. The average Bonchev–Trinajstić information content (AvgIpc) is 2.63. The Morgan fingerprint density at radius 2 is 1.94 bits per heavy atom. The van der Waals surface area contributed by atoms with Crippen molar-refractivity contribution < 1.29 is 0 Å². The Hall–Kier alpha value is -0.990. The normalized spacial score (nSPS) is 21.5. The maximum atomic E-state index is 4.43. The van der Waals surface area contributed by atoms with E-state index in [0.717, 1.165) is 12.5 Å². The van der Waals surface area contributed by atoms with E-state index in [4.69, 9.17) is 0 Å². The molecule has 1 saturated carbocycles. The molecule has 1 N–H and O–H groups in total. The van der Waals surface area contributed by atoms with Gasteiger partial charge in [-0.25, -0.2) is 4.98 Å². The predicted molar refractivity (Wildman–Crippen MR) is 72.1 cm³/mol. The van der Waals surface area contributed by atoms with E-state index < -0.39 is 0 Å². The van der Waals surface area contributed by atoms with E-state index >= 15 is 0 Å². The number of aryl methyl sites for hydroxylation is 1. The molecule has 1 aliphatic rings. The Morgan fingerprint density at radius 3 is 2.47 bits per heavy atom. The number of unbranched alkanes of at least 4 members (excludes halogenated alkanes) is 1. The molecule has 3 nitrogen and oxygen atoms in total. The standard InChI is InChI=1S/C14H25N3/c1-6-7-9-17-10-8-15-12(17)16-11-13(2,3)14(11,4)5/h8,10-11H,6-7,9H2,1-5H3,(H,15,16). The van der Waals surface area contributed by atoms with Crippen molar-refractivity contribution in [2.75, 3.05) is 5.32 Å². The van der Waals surface area contributed by atoms with Gasteiger partial charge in [-0.3, -0.25) is 0 Å². The van der Waals surface area contributed by atoms with Gasteiger partial charge in [0.1, 0.15) is 0 Å². The van der Waals surface area contributed by atoms with Crippen LogP contribution < -0.4 is 5.32 Å². The van der Waals surface area contributed by atoms with Gasteiger partial charge in [0.25, 0.3) is 0 Å². The van der Waals surface area contributed by atoms with E-state index in [0.29, 0.717) is 16.9 Å². The molecule has 1 fully saturated rings. The lowest BCUT2D eigenvalue weighted by Crippen LogP contribution is -2.14. The summed E-state index contributed by atoms with van der Waals surface area (Å²) in [6.07, 6.45) is 6.39. The molecule has 0 spiro atoms. The number of rotatable bonds is 5. The van der Waals surface area contributed by atoms with E-state index in [2.05, 4.69) is 55.7 Å². The lowest BCUT2D eigenvalue weighted by molar-refractivity contribution is 0.457. The third-order valence-electron chi connectivity index (χ3n) is 4.76. The van der Waals surface area contributed by atoms with Gasteiger partial charge in [0.2, 0.25) is 5.95 Å². The second-order valence-corrected chi connectivity index (χ2v) is 6.32. The molecule has 0 amide bonds. The van der Waals surface area contributed by atoms with Crippen molar-refractivity contribution in [1.82, 2.24) is 9.55 Å². The SMILES string of the molecule is CCCCn1ccnc1NC1C(C)(C)C1(C)C. The quantitative estimate of drug-likeness (QED) is 0.846. The minimum absolute atomic E-state index is 0.356. The predicted octanol–water partition coefficient (Wildman–Crippen LogP) is 3.53. The summed E-state index contributed by atoms with van der Waals surface area (Å²) in [5.41, 5.74) is 0.711. The highest BCUT2D eigenvalue weighted by molar-refractivity contribution is 5.37. The third-order valence-corrected chi connectivity index (χ3v) is 4.76. The molecule has 17 heavy (non-hydrogen) atoms. The average molecular weight is 235 g/mol. The molecule has 0 atom stereocenters. The summed E-state index contributed by atoms with van der Waals surface area (Å²) < 4.78 is 2.23. The minimum Gasteiger partial charge on any atom is -0.352 e. The number of nitrogens with one attached hydrogen (secondary N) is 1. The number of nitrogens with zero attached hydrogens (tertiary/aromatic N) is 2. The molecular formula is C14H25N3. The largest absolute Gasteiger partial charge is 0.352 e. The van der Waals surface area contributed by atoms with Crippen molar-refractivity contribution in [3.63, 3.8) is 0 Å². The van der Waals surface area contributed by atoms with Crippen LogP contribution >= 0.6 is 0 Å². The summed E-state index contributed by atoms with van der Waals surface area (Å²) in [4.78, 5) is 4.43. The lowest BCUT2D eigenvalue weighted by atomic mass is 10.0. The Balaban J connectivity index is 2.03. The molecule has 0 aliphatic heterocycles. The van der Waals surface area contributed by atoms with Crippen molar-refractivity contribution in [2.24, 2.45) is 10.8 Å². The number of hydrogen-bond acceptors (Lipinski definition) is 2. The van der Waals surface area contributed by atoms with Crippen molar-refractivity contribution in [2.45, 2.75) is 60.0 Å². The number of hydrogen-bond donors (Lipinski definition) is 1. The van der Waals surface area contributed by atoms with Gasteiger partial charge in [-0.2, -0.15) is 0 Å². The van der Waals surface area contributed by atoms with Crippen LogP contribution in [0.5, 0.6) is 0 Å². The molecule has 0 aromatic carbocycles. The van der Waals surface area contributed by atoms with Gasteiger partial charge in [-0.05, 0) is 17.3 Å². The van der Waals surface area contributed by atoms with Crippen LogP contribution in [0.25, 0.3) is 0 Å². The molecule has 96 valence electrons. The summed E-state index contributed by atoms with van der Waals surface area (Å²) in [5, 5.41) is 3.61. The summed E-state index contributed by atoms with van der Waals surface area (Å²) in [7, 11) is 0. The van der Waals surface area contributed by atoms with Gasteiger partial charge in [0, 0.05) is 25.0 Å². The molecule has 2 rings (SSSR count). The molecule has 0 unspecified atom stereocenters. The molecule has 1 aromatic heterocycles. The molecular weight excluding hydrogens is 210 g/mol. The van der Waals surface area contributed by atoms with Crippen LogP contribution in [0.1, 0.15) is 47.5 Å². The maximum Gasteiger partial charge on any atom is 0.203 e. The third kappa shape index (κ3) is 1.96.